The fraction of sp³-hybridized carbons (Fsp3) is 0.462. The number of alkyl halides is 4. The molecule has 1 N–H and O–H groups in total. The number of halogens is 6. The van der Waals surface area contributed by atoms with Crippen molar-refractivity contribution >= 4 is 23.2 Å². The Bertz CT molecular complexity index is 569. The lowest BCUT2D eigenvalue weighted by Crippen LogP contribution is -2.34. The molecule has 0 bridgehead atoms. The van der Waals surface area contributed by atoms with Gasteiger partial charge in [-0.2, -0.15) is 8.78 Å². The zero-order valence-electron chi connectivity index (χ0n) is 11.1. The van der Waals surface area contributed by atoms with Crippen LogP contribution < -0.4 is 10.1 Å². The molecule has 1 unspecified atom stereocenters. The molecular weight excluding hydrogens is 347 g/mol. The predicted molar refractivity (Wildman–Crippen MR) is 74.9 cm³/mol. The maximum absolute atomic E-state index is 12.8. The molecule has 1 aromatic rings. The first-order chi connectivity index (χ1) is 10.3. The molecule has 22 heavy (non-hydrogen) atoms. The molecule has 1 atom stereocenters. The van der Waals surface area contributed by atoms with Crippen LogP contribution in [0.25, 0.3) is 0 Å². The van der Waals surface area contributed by atoms with E-state index in [2.05, 4.69) is 15.0 Å². The molecule has 1 aliphatic heterocycles. The third-order valence-electron chi connectivity index (χ3n) is 2.98. The van der Waals surface area contributed by atoms with E-state index < -0.39 is 19.0 Å². The van der Waals surface area contributed by atoms with Gasteiger partial charge in [-0.05, 0) is 18.1 Å². The highest BCUT2D eigenvalue weighted by Crippen LogP contribution is 2.28. The Morgan fingerprint density at radius 1 is 1.41 bits per heavy atom. The monoisotopic (exact) mass is 358 g/mol. The van der Waals surface area contributed by atoms with Crippen LogP contribution in [0.5, 0.6) is 5.88 Å². The van der Waals surface area contributed by atoms with Crippen LogP contribution in [0.15, 0.2) is 23.5 Å². The zero-order valence-corrected chi connectivity index (χ0v) is 12.6. The van der Waals surface area contributed by atoms with Crippen molar-refractivity contribution in [1.82, 2.24) is 10.3 Å². The Morgan fingerprint density at radius 2 is 2.14 bits per heavy atom. The van der Waals surface area contributed by atoms with Crippen LogP contribution >= 0.6 is 23.2 Å². The SMILES string of the molecule is FC(F)C(F)(F)COc1ncc(CC2CC(Cl)=CN2)cc1Cl. The summed E-state index contributed by atoms with van der Waals surface area (Å²) in [4.78, 5) is 3.79. The zero-order chi connectivity index (χ0) is 16.3. The summed E-state index contributed by atoms with van der Waals surface area (Å²) >= 11 is 11.7. The highest BCUT2D eigenvalue weighted by Gasteiger charge is 2.42. The van der Waals surface area contributed by atoms with Crippen molar-refractivity contribution in [1.29, 1.82) is 0 Å². The minimum Gasteiger partial charge on any atom is -0.470 e. The molecule has 0 spiro atoms. The fourth-order valence-corrected chi connectivity index (χ4v) is 2.38. The van der Waals surface area contributed by atoms with E-state index in [4.69, 9.17) is 23.2 Å². The van der Waals surface area contributed by atoms with E-state index in [0.29, 0.717) is 17.9 Å². The van der Waals surface area contributed by atoms with E-state index in [1.807, 2.05) is 0 Å². The molecule has 2 heterocycles. The van der Waals surface area contributed by atoms with Crippen molar-refractivity contribution in [2.75, 3.05) is 6.61 Å². The quantitative estimate of drug-likeness (QED) is 0.780. The van der Waals surface area contributed by atoms with Crippen LogP contribution in [0, 0.1) is 0 Å². The largest absolute Gasteiger partial charge is 0.470 e. The first-order valence-electron chi connectivity index (χ1n) is 6.31. The Kier molecular flexibility index (Phi) is 5.39. The third kappa shape index (κ3) is 4.39. The van der Waals surface area contributed by atoms with Gasteiger partial charge in [0.15, 0.2) is 6.61 Å². The van der Waals surface area contributed by atoms with Gasteiger partial charge in [0.25, 0.3) is 0 Å². The second-order valence-corrected chi connectivity index (χ2v) is 5.74. The van der Waals surface area contributed by atoms with Gasteiger partial charge in [-0.25, -0.2) is 13.8 Å². The average molecular weight is 359 g/mol. The summed E-state index contributed by atoms with van der Waals surface area (Å²) in [6, 6.07) is 1.60. The minimum absolute atomic E-state index is 0.0142. The number of nitrogens with one attached hydrogen (secondary N) is 1. The van der Waals surface area contributed by atoms with E-state index in [9.17, 15) is 17.6 Å². The van der Waals surface area contributed by atoms with Gasteiger partial charge in [0.1, 0.15) is 5.02 Å². The number of ether oxygens (including phenoxy) is 1. The Balaban J connectivity index is 1.95. The maximum atomic E-state index is 12.8. The van der Waals surface area contributed by atoms with Gasteiger partial charge in [-0.3, -0.25) is 0 Å². The Labute approximate surface area is 134 Å². The van der Waals surface area contributed by atoms with Crippen LogP contribution in [-0.2, 0) is 6.42 Å². The summed E-state index contributed by atoms with van der Waals surface area (Å²) in [6.45, 7) is -1.49. The van der Waals surface area contributed by atoms with Gasteiger partial charge < -0.3 is 10.1 Å². The minimum atomic E-state index is -4.25. The molecule has 2 rings (SSSR count). The van der Waals surface area contributed by atoms with Crippen LogP contribution in [0.3, 0.4) is 0 Å². The van der Waals surface area contributed by atoms with Crippen LogP contribution in [0.1, 0.15) is 12.0 Å². The van der Waals surface area contributed by atoms with Crippen molar-refractivity contribution in [3.8, 4) is 5.88 Å². The lowest BCUT2D eigenvalue weighted by atomic mass is 10.1. The molecule has 0 aromatic carbocycles. The van der Waals surface area contributed by atoms with Gasteiger partial charge in [0.05, 0.1) is 0 Å². The number of rotatable bonds is 6. The number of aromatic nitrogens is 1. The normalized spacial score (nSPS) is 18.3. The van der Waals surface area contributed by atoms with Crippen molar-refractivity contribution < 1.29 is 22.3 Å². The van der Waals surface area contributed by atoms with Crippen molar-refractivity contribution in [2.24, 2.45) is 0 Å². The van der Waals surface area contributed by atoms with Crippen molar-refractivity contribution in [3.63, 3.8) is 0 Å². The van der Waals surface area contributed by atoms with Gasteiger partial charge in [-0.15, -0.1) is 0 Å². The molecule has 1 aliphatic rings. The molecule has 0 saturated heterocycles. The van der Waals surface area contributed by atoms with E-state index in [-0.39, 0.29) is 16.9 Å². The molecule has 0 amide bonds. The van der Waals surface area contributed by atoms with Crippen molar-refractivity contribution in [3.05, 3.63) is 34.1 Å². The summed E-state index contributed by atoms with van der Waals surface area (Å²) in [7, 11) is 0. The van der Waals surface area contributed by atoms with E-state index in [1.165, 1.54) is 12.3 Å². The lowest BCUT2D eigenvalue weighted by Gasteiger charge is -2.16. The van der Waals surface area contributed by atoms with Gasteiger partial charge in [-0.1, -0.05) is 23.2 Å². The average Bonchev–Trinajstić information content (AvgIpc) is 2.83. The Hall–Kier alpha value is -1.21. The van der Waals surface area contributed by atoms with Gasteiger partial charge in [0.2, 0.25) is 5.88 Å². The molecule has 1 aromatic heterocycles. The fourth-order valence-electron chi connectivity index (χ4n) is 1.89. The highest BCUT2D eigenvalue weighted by atomic mass is 35.5. The molecule has 3 nitrogen and oxygen atoms in total. The van der Waals surface area contributed by atoms with E-state index in [0.717, 1.165) is 5.56 Å². The van der Waals surface area contributed by atoms with E-state index in [1.54, 1.807) is 6.20 Å². The molecule has 0 fully saturated rings. The topological polar surface area (TPSA) is 34.1 Å². The second-order valence-electron chi connectivity index (χ2n) is 4.84. The van der Waals surface area contributed by atoms with Crippen LogP contribution in [-0.4, -0.2) is 30.0 Å². The van der Waals surface area contributed by atoms with Crippen LogP contribution in [0.2, 0.25) is 5.02 Å². The first kappa shape index (κ1) is 17.1. The summed E-state index contributed by atoms with van der Waals surface area (Å²) in [5.41, 5.74) is 0.746. The van der Waals surface area contributed by atoms with Gasteiger partial charge in [0, 0.05) is 29.9 Å². The standard InChI is InChI=1S/C13H12Cl2F4N2O/c14-8-3-9(20-5-8)1-7-2-10(15)11(21-4-7)22-6-13(18,19)12(16)17/h2,4-5,9,12,20H,1,3,6H2. The summed E-state index contributed by atoms with van der Waals surface area (Å²) in [5, 5.41) is 3.76. The molecule has 0 saturated carbocycles. The first-order valence-corrected chi connectivity index (χ1v) is 7.07. The number of hydrogen-bond donors (Lipinski definition) is 1. The summed E-state index contributed by atoms with van der Waals surface area (Å²) in [6.07, 6.45) is 0.530. The highest BCUT2D eigenvalue weighted by molar-refractivity contribution is 6.31. The summed E-state index contributed by atoms with van der Waals surface area (Å²) in [5.74, 6) is -4.55. The van der Waals surface area contributed by atoms with Crippen LogP contribution in [0.4, 0.5) is 17.6 Å². The smallest absolute Gasteiger partial charge is 0.340 e. The van der Waals surface area contributed by atoms with Crippen molar-refractivity contribution in [2.45, 2.75) is 31.2 Å². The molecular formula is C13H12Cl2F4N2O. The van der Waals surface area contributed by atoms with E-state index >= 15 is 0 Å². The molecule has 0 radical (unpaired) electrons. The second kappa shape index (κ2) is 6.91. The maximum Gasteiger partial charge on any atom is 0.340 e. The number of pyridine rings is 1. The molecule has 9 heteroatoms. The lowest BCUT2D eigenvalue weighted by molar-refractivity contribution is -0.148. The Morgan fingerprint density at radius 3 is 2.68 bits per heavy atom. The number of nitrogens with zero attached hydrogens (tertiary/aromatic N) is 1. The van der Waals surface area contributed by atoms with Gasteiger partial charge >= 0.3 is 12.3 Å². The third-order valence-corrected chi connectivity index (χ3v) is 3.52. The predicted octanol–water partition coefficient (Wildman–Crippen LogP) is 4.00. The molecule has 122 valence electrons. The summed E-state index contributed by atoms with van der Waals surface area (Å²) < 4.78 is 54.2. The number of hydrogen-bond acceptors (Lipinski definition) is 3. The molecule has 0 aliphatic carbocycles.